The molecule has 0 radical (unpaired) electrons. The lowest BCUT2D eigenvalue weighted by atomic mass is 9.85. The Morgan fingerprint density at radius 3 is 2.80 bits per heavy atom. The van der Waals surface area contributed by atoms with Crippen molar-refractivity contribution < 1.29 is 5.11 Å². The molecule has 2 aliphatic rings. The first-order valence-electron chi connectivity index (χ1n) is 4.16. The molecular formula is C9H14O. The number of rotatable bonds is 0. The van der Waals surface area contributed by atoms with Crippen LogP contribution in [-0.2, 0) is 0 Å². The number of fused-ring (bicyclic) bond motifs is 2. The van der Waals surface area contributed by atoms with E-state index in [1.54, 1.807) is 0 Å². The van der Waals surface area contributed by atoms with Crippen molar-refractivity contribution in [1.82, 2.24) is 0 Å². The van der Waals surface area contributed by atoms with Gasteiger partial charge in [-0.05, 0) is 25.2 Å². The van der Waals surface area contributed by atoms with Crippen LogP contribution in [0.15, 0.2) is 12.2 Å². The van der Waals surface area contributed by atoms with Crippen molar-refractivity contribution in [2.24, 2.45) is 11.8 Å². The van der Waals surface area contributed by atoms with E-state index in [0.717, 1.165) is 6.42 Å². The standard InChI is InChI=1S/C9H14O/c1-6-7-3-2-4-8(6)9(10)5-7/h7-10H,1-5H2. The Morgan fingerprint density at radius 1 is 1.40 bits per heavy atom. The van der Waals surface area contributed by atoms with Gasteiger partial charge in [-0.2, -0.15) is 0 Å². The highest BCUT2D eigenvalue weighted by molar-refractivity contribution is 5.16. The van der Waals surface area contributed by atoms with E-state index in [9.17, 15) is 5.11 Å². The van der Waals surface area contributed by atoms with Crippen molar-refractivity contribution in [1.29, 1.82) is 0 Å². The molecule has 0 aromatic rings. The predicted octanol–water partition coefficient (Wildman–Crippen LogP) is 1.72. The van der Waals surface area contributed by atoms with E-state index in [0.29, 0.717) is 11.8 Å². The highest BCUT2D eigenvalue weighted by Crippen LogP contribution is 2.45. The highest BCUT2D eigenvalue weighted by Gasteiger charge is 2.38. The summed E-state index contributed by atoms with van der Waals surface area (Å²) in [4.78, 5) is 0. The first-order valence-corrected chi connectivity index (χ1v) is 4.16. The Hall–Kier alpha value is -0.300. The molecule has 0 aliphatic heterocycles. The van der Waals surface area contributed by atoms with Gasteiger partial charge < -0.3 is 5.11 Å². The number of hydrogen-bond donors (Lipinski definition) is 1. The molecule has 1 nitrogen and oxygen atoms in total. The third-order valence-corrected chi connectivity index (χ3v) is 3.06. The van der Waals surface area contributed by atoms with Crippen LogP contribution in [0.3, 0.4) is 0 Å². The van der Waals surface area contributed by atoms with Gasteiger partial charge in [0.05, 0.1) is 6.10 Å². The first-order chi connectivity index (χ1) is 4.79. The fourth-order valence-corrected chi connectivity index (χ4v) is 2.42. The summed E-state index contributed by atoms with van der Waals surface area (Å²) in [6.45, 7) is 4.03. The average molecular weight is 138 g/mol. The molecule has 0 heterocycles. The zero-order valence-corrected chi connectivity index (χ0v) is 6.21. The maximum Gasteiger partial charge on any atom is 0.0611 e. The molecule has 2 fully saturated rings. The molecular weight excluding hydrogens is 124 g/mol. The fourth-order valence-electron chi connectivity index (χ4n) is 2.42. The van der Waals surface area contributed by atoms with Crippen LogP contribution in [0, 0.1) is 11.8 Å². The van der Waals surface area contributed by atoms with Gasteiger partial charge in [0.1, 0.15) is 0 Å². The Morgan fingerprint density at radius 2 is 2.20 bits per heavy atom. The van der Waals surface area contributed by atoms with Gasteiger partial charge in [0.15, 0.2) is 0 Å². The van der Waals surface area contributed by atoms with Gasteiger partial charge in [0, 0.05) is 5.92 Å². The molecule has 0 saturated heterocycles. The number of aliphatic hydroxyl groups excluding tert-OH is 1. The van der Waals surface area contributed by atoms with E-state index >= 15 is 0 Å². The molecule has 0 spiro atoms. The second-order valence-electron chi connectivity index (χ2n) is 3.61. The predicted molar refractivity (Wildman–Crippen MR) is 40.6 cm³/mol. The lowest BCUT2D eigenvalue weighted by molar-refractivity contribution is 0.139. The largest absolute Gasteiger partial charge is 0.392 e. The van der Waals surface area contributed by atoms with Crippen molar-refractivity contribution >= 4 is 0 Å². The lowest BCUT2D eigenvalue weighted by Gasteiger charge is -2.21. The van der Waals surface area contributed by atoms with Crippen molar-refractivity contribution in [3.63, 3.8) is 0 Å². The summed E-state index contributed by atoms with van der Waals surface area (Å²) in [7, 11) is 0. The minimum Gasteiger partial charge on any atom is -0.392 e. The molecule has 2 bridgehead atoms. The SMILES string of the molecule is C=C1C2CCCC1C(O)C2. The van der Waals surface area contributed by atoms with Crippen LogP contribution in [0.2, 0.25) is 0 Å². The van der Waals surface area contributed by atoms with E-state index in [2.05, 4.69) is 6.58 Å². The zero-order chi connectivity index (χ0) is 7.14. The zero-order valence-electron chi connectivity index (χ0n) is 6.21. The van der Waals surface area contributed by atoms with Gasteiger partial charge >= 0.3 is 0 Å². The summed E-state index contributed by atoms with van der Waals surface area (Å²) in [5.74, 6) is 1.12. The van der Waals surface area contributed by atoms with Gasteiger partial charge in [-0.15, -0.1) is 0 Å². The minimum absolute atomic E-state index is 0.0556. The molecule has 0 aromatic carbocycles. The Labute approximate surface area is 61.8 Å². The van der Waals surface area contributed by atoms with Gasteiger partial charge in [0.25, 0.3) is 0 Å². The van der Waals surface area contributed by atoms with E-state index in [1.165, 1.54) is 24.8 Å². The molecule has 2 aliphatic carbocycles. The van der Waals surface area contributed by atoms with Gasteiger partial charge in [-0.3, -0.25) is 0 Å². The van der Waals surface area contributed by atoms with Crippen LogP contribution in [0.25, 0.3) is 0 Å². The smallest absolute Gasteiger partial charge is 0.0611 e. The summed E-state index contributed by atoms with van der Waals surface area (Å²) in [5, 5.41) is 9.51. The molecule has 1 heteroatoms. The van der Waals surface area contributed by atoms with Gasteiger partial charge in [0.2, 0.25) is 0 Å². The summed E-state index contributed by atoms with van der Waals surface area (Å²) in [6.07, 6.45) is 4.68. The third-order valence-electron chi connectivity index (χ3n) is 3.06. The Balaban J connectivity index is 2.22. The molecule has 1 N–H and O–H groups in total. The van der Waals surface area contributed by atoms with E-state index in [1.807, 2.05) is 0 Å². The Kier molecular flexibility index (Phi) is 1.34. The van der Waals surface area contributed by atoms with Gasteiger partial charge in [-0.25, -0.2) is 0 Å². The number of hydrogen-bond acceptors (Lipinski definition) is 1. The van der Waals surface area contributed by atoms with E-state index < -0.39 is 0 Å². The molecule has 10 heavy (non-hydrogen) atoms. The quantitative estimate of drug-likeness (QED) is 0.505. The summed E-state index contributed by atoms with van der Waals surface area (Å²) >= 11 is 0. The molecule has 2 rings (SSSR count). The van der Waals surface area contributed by atoms with Crippen LogP contribution >= 0.6 is 0 Å². The molecule has 3 unspecified atom stereocenters. The van der Waals surface area contributed by atoms with Crippen LogP contribution in [0.4, 0.5) is 0 Å². The summed E-state index contributed by atoms with van der Waals surface area (Å²) < 4.78 is 0. The molecule has 0 aromatic heterocycles. The maximum absolute atomic E-state index is 9.51. The lowest BCUT2D eigenvalue weighted by Crippen LogP contribution is -2.14. The van der Waals surface area contributed by atoms with Crippen molar-refractivity contribution in [3.8, 4) is 0 Å². The molecule has 2 saturated carbocycles. The second kappa shape index (κ2) is 2.09. The van der Waals surface area contributed by atoms with E-state index in [-0.39, 0.29) is 6.10 Å². The van der Waals surface area contributed by atoms with Crippen LogP contribution in [0.1, 0.15) is 25.7 Å². The van der Waals surface area contributed by atoms with Gasteiger partial charge in [-0.1, -0.05) is 18.6 Å². The maximum atomic E-state index is 9.51. The van der Waals surface area contributed by atoms with Crippen molar-refractivity contribution in [2.75, 3.05) is 0 Å². The van der Waals surface area contributed by atoms with E-state index in [4.69, 9.17) is 0 Å². The monoisotopic (exact) mass is 138 g/mol. The van der Waals surface area contributed by atoms with Crippen LogP contribution < -0.4 is 0 Å². The number of aliphatic hydroxyl groups is 1. The summed E-state index contributed by atoms with van der Waals surface area (Å²) in [5.41, 5.74) is 1.33. The molecule has 3 atom stereocenters. The topological polar surface area (TPSA) is 20.2 Å². The van der Waals surface area contributed by atoms with Crippen LogP contribution in [-0.4, -0.2) is 11.2 Å². The highest BCUT2D eigenvalue weighted by atomic mass is 16.3. The Bertz CT molecular complexity index is 162. The summed E-state index contributed by atoms with van der Waals surface area (Å²) in [6, 6.07) is 0. The second-order valence-corrected chi connectivity index (χ2v) is 3.61. The normalized spacial score (nSPS) is 46.1. The first kappa shape index (κ1) is 6.41. The average Bonchev–Trinajstić information content (AvgIpc) is 2.16. The minimum atomic E-state index is -0.0556. The van der Waals surface area contributed by atoms with Crippen molar-refractivity contribution in [3.05, 3.63) is 12.2 Å². The molecule has 56 valence electrons. The van der Waals surface area contributed by atoms with Crippen LogP contribution in [0.5, 0.6) is 0 Å². The fraction of sp³-hybridized carbons (Fsp3) is 0.778. The van der Waals surface area contributed by atoms with Crippen molar-refractivity contribution in [2.45, 2.75) is 31.8 Å². The third kappa shape index (κ3) is 0.734. The molecule has 0 amide bonds.